The smallest absolute Gasteiger partial charge is 0.272 e. The fourth-order valence-electron chi connectivity index (χ4n) is 4.70. The second kappa shape index (κ2) is 16.7. The van der Waals surface area contributed by atoms with Crippen molar-refractivity contribution in [2.75, 3.05) is 24.9 Å². The van der Waals surface area contributed by atoms with Crippen LogP contribution in [-0.2, 0) is 9.59 Å². The van der Waals surface area contributed by atoms with Gasteiger partial charge in [0.15, 0.2) is 0 Å². The Balaban J connectivity index is 1.39. The minimum absolute atomic E-state index is 0.0360. The van der Waals surface area contributed by atoms with Crippen molar-refractivity contribution < 1.29 is 23.9 Å². The van der Waals surface area contributed by atoms with E-state index in [1.165, 1.54) is 24.9 Å². The molecule has 49 heavy (non-hydrogen) atoms. The van der Waals surface area contributed by atoms with Crippen LogP contribution in [0.25, 0.3) is 6.08 Å². The van der Waals surface area contributed by atoms with Gasteiger partial charge in [-0.05, 0) is 71.8 Å². The van der Waals surface area contributed by atoms with E-state index in [1.54, 1.807) is 92.0 Å². The molecule has 0 heterocycles. The lowest BCUT2D eigenvalue weighted by molar-refractivity contribution is -0.116. The fourth-order valence-corrected chi connectivity index (χ4v) is 6.25. The molecule has 0 radical (unpaired) electrons. The first kappa shape index (κ1) is 35.1. The first-order valence-electron chi connectivity index (χ1n) is 14.9. The maximum atomic E-state index is 13.8. The highest BCUT2D eigenvalue weighted by Crippen LogP contribution is 2.38. The number of carbonyl (C=O) groups is 3. The third kappa shape index (κ3) is 9.45. The van der Waals surface area contributed by atoms with Crippen molar-refractivity contribution in [3.05, 3.63) is 154 Å². The van der Waals surface area contributed by atoms with E-state index in [-0.39, 0.29) is 11.6 Å². The minimum Gasteiger partial charge on any atom is -0.497 e. The number of nitrogens with one attached hydrogen (secondary N) is 3. The van der Waals surface area contributed by atoms with Gasteiger partial charge >= 0.3 is 0 Å². The Bertz CT molecular complexity index is 1990. The molecule has 0 aliphatic rings. The van der Waals surface area contributed by atoms with E-state index in [4.69, 9.17) is 32.7 Å². The van der Waals surface area contributed by atoms with E-state index in [0.29, 0.717) is 48.9 Å². The summed E-state index contributed by atoms with van der Waals surface area (Å²) in [6, 6.07) is 35.0. The largest absolute Gasteiger partial charge is 0.497 e. The number of methoxy groups -OCH3 is 2. The predicted molar refractivity (Wildman–Crippen MR) is 197 cm³/mol. The molecule has 5 rings (SSSR count). The standard InChI is InChI=1S/C38H31Cl2N3O5S/c1-47-29-18-19-32(34(23-29)48-2)42-38(46)35(24-10-5-3-6-11-24)49-30-15-9-14-28(22-30)41-37(45)33(20-26-16-17-27(39)21-31(26)40)43-36(44)25-12-7-4-8-13-25/h3-23,35H,1-2H3,(H,41,45)(H,42,46)(H,43,44)/b33-20+. The van der Waals surface area contributed by atoms with Crippen LogP contribution in [0.2, 0.25) is 10.0 Å². The molecule has 8 nitrogen and oxygen atoms in total. The van der Waals surface area contributed by atoms with Gasteiger partial charge in [-0.15, -0.1) is 11.8 Å². The summed E-state index contributed by atoms with van der Waals surface area (Å²) >= 11 is 13.8. The molecule has 0 aliphatic heterocycles. The van der Waals surface area contributed by atoms with E-state index in [9.17, 15) is 14.4 Å². The summed E-state index contributed by atoms with van der Waals surface area (Å²) < 4.78 is 10.8. The number of rotatable bonds is 12. The number of ether oxygens (including phenoxy) is 2. The Hall–Kier alpha value is -5.22. The SMILES string of the molecule is COc1ccc(NC(=O)C(Sc2cccc(NC(=O)/C(=C\c3ccc(Cl)cc3Cl)NC(=O)c3ccccc3)c2)c2ccccc2)c(OC)c1. The molecule has 11 heteroatoms. The zero-order valence-corrected chi connectivity index (χ0v) is 28.7. The molecule has 0 bridgehead atoms. The molecule has 3 amide bonds. The number of carbonyl (C=O) groups excluding carboxylic acids is 3. The van der Waals surface area contributed by atoms with Gasteiger partial charge in [0.1, 0.15) is 22.4 Å². The number of anilines is 2. The molecular weight excluding hydrogens is 681 g/mol. The van der Waals surface area contributed by atoms with Gasteiger partial charge in [-0.25, -0.2) is 0 Å². The summed E-state index contributed by atoms with van der Waals surface area (Å²) in [6.45, 7) is 0. The maximum Gasteiger partial charge on any atom is 0.272 e. The summed E-state index contributed by atoms with van der Waals surface area (Å²) in [5, 5.41) is 8.63. The van der Waals surface area contributed by atoms with Crippen LogP contribution in [0.3, 0.4) is 0 Å². The first-order chi connectivity index (χ1) is 23.7. The molecule has 1 atom stereocenters. The van der Waals surface area contributed by atoms with Crippen LogP contribution in [0.5, 0.6) is 11.5 Å². The van der Waals surface area contributed by atoms with Crippen LogP contribution in [0.15, 0.2) is 132 Å². The lowest BCUT2D eigenvalue weighted by Gasteiger charge is -2.19. The lowest BCUT2D eigenvalue weighted by Crippen LogP contribution is -2.30. The van der Waals surface area contributed by atoms with Crippen LogP contribution in [-0.4, -0.2) is 31.9 Å². The zero-order chi connectivity index (χ0) is 34.8. The number of thioether (sulfide) groups is 1. The molecule has 3 N–H and O–H groups in total. The van der Waals surface area contributed by atoms with Gasteiger partial charge in [0.25, 0.3) is 11.8 Å². The molecule has 0 saturated carbocycles. The molecule has 1 unspecified atom stereocenters. The van der Waals surface area contributed by atoms with Crippen molar-refractivity contribution in [2.24, 2.45) is 0 Å². The normalized spacial score (nSPS) is 11.6. The summed E-state index contributed by atoms with van der Waals surface area (Å²) in [5.41, 5.74) is 2.54. The van der Waals surface area contributed by atoms with E-state index >= 15 is 0 Å². The molecule has 0 aromatic heterocycles. The lowest BCUT2D eigenvalue weighted by atomic mass is 10.1. The Kier molecular flexibility index (Phi) is 12.0. The molecule has 0 fully saturated rings. The van der Waals surface area contributed by atoms with Crippen LogP contribution >= 0.6 is 35.0 Å². The summed E-state index contributed by atoms with van der Waals surface area (Å²) in [7, 11) is 3.07. The van der Waals surface area contributed by atoms with Gasteiger partial charge in [0.05, 0.1) is 19.9 Å². The average molecular weight is 713 g/mol. The molecule has 0 aliphatic carbocycles. The summed E-state index contributed by atoms with van der Waals surface area (Å²) in [4.78, 5) is 41.2. The molecule has 0 spiro atoms. The van der Waals surface area contributed by atoms with Gasteiger partial charge < -0.3 is 25.4 Å². The van der Waals surface area contributed by atoms with Crippen LogP contribution in [0.1, 0.15) is 26.7 Å². The Morgan fingerprint density at radius 2 is 1.49 bits per heavy atom. The van der Waals surface area contributed by atoms with Crippen LogP contribution in [0.4, 0.5) is 11.4 Å². The van der Waals surface area contributed by atoms with Gasteiger partial charge in [-0.2, -0.15) is 0 Å². The first-order valence-corrected chi connectivity index (χ1v) is 16.6. The van der Waals surface area contributed by atoms with E-state index in [1.807, 2.05) is 36.4 Å². The fraction of sp³-hybridized carbons (Fsp3) is 0.0789. The zero-order valence-electron chi connectivity index (χ0n) is 26.4. The van der Waals surface area contributed by atoms with Crippen molar-refractivity contribution in [3.63, 3.8) is 0 Å². The third-order valence-corrected chi connectivity index (χ3v) is 8.95. The predicted octanol–water partition coefficient (Wildman–Crippen LogP) is 8.89. The highest BCUT2D eigenvalue weighted by Gasteiger charge is 2.24. The van der Waals surface area contributed by atoms with Crippen molar-refractivity contribution in [1.29, 1.82) is 0 Å². The quantitative estimate of drug-likeness (QED) is 0.0882. The van der Waals surface area contributed by atoms with Crippen LogP contribution < -0.4 is 25.4 Å². The molecule has 248 valence electrons. The third-order valence-electron chi connectivity index (χ3n) is 7.14. The highest BCUT2D eigenvalue weighted by atomic mass is 35.5. The number of hydrogen-bond acceptors (Lipinski definition) is 6. The topological polar surface area (TPSA) is 106 Å². The van der Waals surface area contributed by atoms with Crippen molar-refractivity contribution in [2.45, 2.75) is 10.1 Å². The van der Waals surface area contributed by atoms with Crippen molar-refractivity contribution >= 4 is 70.1 Å². The monoisotopic (exact) mass is 711 g/mol. The summed E-state index contributed by atoms with van der Waals surface area (Å²) in [6.07, 6.45) is 1.48. The highest BCUT2D eigenvalue weighted by molar-refractivity contribution is 8.00. The Morgan fingerprint density at radius 3 is 2.18 bits per heavy atom. The van der Waals surface area contributed by atoms with Crippen LogP contribution in [0, 0.1) is 0 Å². The van der Waals surface area contributed by atoms with E-state index < -0.39 is 17.1 Å². The number of halogens is 2. The van der Waals surface area contributed by atoms with Gasteiger partial charge in [-0.3, -0.25) is 14.4 Å². The van der Waals surface area contributed by atoms with Gasteiger partial charge in [-0.1, -0.05) is 83.9 Å². The van der Waals surface area contributed by atoms with E-state index in [0.717, 1.165) is 5.56 Å². The second-order valence-electron chi connectivity index (χ2n) is 10.5. The molecule has 0 saturated heterocycles. The molecule has 5 aromatic carbocycles. The number of hydrogen-bond donors (Lipinski definition) is 3. The Morgan fingerprint density at radius 1 is 0.755 bits per heavy atom. The van der Waals surface area contributed by atoms with E-state index in [2.05, 4.69) is 16.0 Å². The van der Waals surface area contributed by atoms with Crippen molar-refractivity contribution in [3.8, 4) is 11.5 Å². The van der Waals surface area contributed by atoms with Crippen molar-refractivity contribution in [1.82, 2.24) is 5.32 Å². The van der Waals surface area contributed by atoms with Gasteiger partial charge in [0, 0.05) is 32.3 Å². The second-order valence-corrected chi connectivity index (χ2v) is 12.5. The average Bonchev–Trinajstić information content (AvgIpc) is 3.12. The molecule has 5 aromatic rings. The maximum absolute atomic E-state index is 13.8. The number of benzene rings is 5. The minimum atomic E-state index is -0.661. The summed E-state index contributed by atoms with van der Waals surface area (Å²) in [5.74, 6) is -0.278. The Labute approximate surface area is 298 Å². The van der Waals surface area contributed by atoms with Gasteiger partial charge in [0.2, 0.25) is 5.91 Å². The number of amides is 3. The molecular formula is C38H31Cl2N3O5S.